The maximum absolute atomic E-state index is 11.0. The fourth-order valence-electron chi connectivity index (χ4n) is 1.10. The molecule has 114 valence electrons. The molecule has 0 aromatic carbocycles. The van der Waals surface area contributed by atoms with Gasteiger partial charge in [0.2, 0.25) is 0 Å². The minimum atomic E-state index is -5.46. The molecule has 0 saturated carbocycles. The highest BCUT2D eigenvalue weighted by atomic mass is 31.2. The zero-order chi connectivity index (χ0) is 15.3. The molecule has 0 spiro atoms. The number of carbonyl (C=O) groups excluding carboxylic acids is 1. The van der Waals surface area contributed by atoms with Crippen LogP contribution in [0.25, 0.3) is 0 Å². The quantitative estimate of drug-likeness (QED) is 0.163. The number of nitrogens with two attached hydrogens (primary N) is 1. The lowest BCUT2D eigenvalue weighted by Crippen LogP contribution is -2.32. The summed E-state index contributed by atoms with van der Waals surface area (Å²) < 4.78 is 26.2. The molecule has 0 atom stereocenters. The van der Waals surface area contributed by atoms with Gasteiger partial charge in [-0.05, 0) is 6.42 Å². The third kappa shape index (κ3) is 5.17. The molecule has 0 aromatic rings. The number of rotatable bonds is 7. The van der Waals surface area contributed by atoms with Crippen LogP contribution in [0.4, 0.5) is 4.79 Å². The average Bonchev–Trinajstić information content (AvgIpc) is 2.21. The third-order valence-electron chi connectivity index (χ3n) is 2.11. The molecule has 0 unspecified atom stereocenters. The lowest BCUT2D eigenvalue weighted by Gasteiger charge is -2.29. The fraction of sp³-hybridized carbons (Fsp3) is 0.833. The summed E-state index contributed by atoms with van der Waals surface area (Å²) in [7, 11) is -10.9. The van der Waals surface area contributed by atoms with Crippen molar-refractivity contribution < 1.29 is 43.3 Å². The minimum absolute atomic E-state index is 0.221. The summed E-state index contributed by atoms with van der Waals surface area (Å²) in [4.78, 5) is 46.0. The van der Waals surface area contributed by atoms with E-state index in [1.54, 1.807) is 0 Å². The second kappa shape index (κ2) is 6.78. The van der Waals surface area contributed by atoms with Crippen LogP contribution in [0.5, 0.6) is 0 Å². The molecule has 0 aromatic heterocycles. The molecule has 0 bridgehead atoms. The van der Waals surface area contributed by atoms with E-state index in [4.69, 9.17) is 25.3 Å². The fourth-order valence-corrected chi connectivity index (χ4v) is 3.36. The molecular weight excluding hydrogens is 306 g/mol. The predicted molar refractivity (Wildman–Crippen MR) is 61.8 cm³/mol. The van der Waals surface area contributed by atoms with Crippen LogP contribution in [0, 0.1) is 0 Å². The standard InChI is InChI=1S/C6H16N2O9P2/c7-4-17-5(9)8-3-1-2-6(10,18(11,12)13)19(14,15)16/h10H,1-4,7H2,(H,8,9)(H2,11,12,13)(H2,14,15,16). The Balaban J connectivity index is 4.53. The van der Waals surface area contributed by atoms with Gasteiger partial charge in [0.1, 0.15) is 6.73 Å². The van der Waals surface area contributed by atoms with E-state index in [0.717, 1.165) is 0 Å². The van der Waals surface area contributed by atoms with E-state index in [9.17, 15) is 19.0 Å². The highest BCUT2D eigenvalue weighted by molar-refractivity contribution is 7.72. The Morgan fingerprint density at radius 2 is 1.68 bits per heavy atom. The topological polar surface area (TPSA) is 200 Å². The predicted octanol–water partition coefficient (Wildman–Crippen LogP) is -1.59. The first-order valence-corrected chi connectivity index (χ1v) is 8.12. The van der Waals surface area contributed by atoms with Crippen molar-refractivity contribution in [3.8, 4) is 0 Å². The smallest absolute Gasteiger partial charge is 0.408 e. The summed E-state index contributed by atoms with van der Waals surface area (Å²) in [5.41, 5.74) is 4.89. The largest absolute Gasteiger partial charge is 0.434 e. The summed E-state index contributed by atoms with van der Waals surface area (Å²) in [6.45, 7) is -0.595. The zero-order valence-electron chi connectivity index (χ0n) is 9.67. The van der Waals surface area contributed by atoms with Gasteiger partial charge in [0.15, 0.2) is 0 Å². The van der Waals surface area contributed by atoms with Crippen LogP contribution in [0.3, 0.4) is 0 Å². The molecule has 1 amide bonds. The monoisotopic (exact) mass is 322 g/mol. The van der Waals surface area contributed by atoms with Gasteiger partial charge in [-0.25, -0.2) is 4.79 Å². The Bertz CT molecular complexity index is 380. The molecule has 0 rings (SSSR count). The third-order valence-corrected chi connectivity index (χ3v) is 5.98. The maximum Gasteiger partial charge on any atom is 0.408 e. The Morgan fingerprint density at radius 3 is 2.05 bits per heavy atom. The van der Waals surface area contributed by atoms with E-state index in [1.807, 2.05) is 0 Å². The van der Waals surface area contributed by atoms with Gasteiger partial charge in [0.25, 0.3) is 5.08 Å². The highest BCUT2D eigenvalue weighted by Crippen LogP contribution is 2.69. The van der Waals surface area contributed by atoms with E-state index in [0.29, 0.717) is 0 Å². The van der Waals surface area contributed by atoms with Crippen LogP contribution >= 0.6 is 15.2 Å². The first-order valence-electron chi connectivity index (χ1n) is 4.90. The van der Waals surface area contributed by atoms with Crippen molar-refractivity contribution in [3.63, 3.8) is 0 Å². The van der Waals surface area contributed by atoms with Crippen molar-refractivity contribution in [2.45, 2.75) is 17.9 Å². The molecule has 0 fully saturated rings. The Labute approximate surface area is 108 Å². The van der Waals surface area contributed by atoms with Crippen molar-refractivity contribution >= 4 is 21.3 Å². The van der Waals surface area contributed by atoms with Crippen molar-refractivity contribution in [1.82, 2.24) is 5.32 Å². The SMILES string of the molecule is NCOC(=O)NCCCC(O)(P(=O)(O)O)P(=O)(O)O. The molecule has 0 heterocycles. The molecule has 0 aliphatic rings. The van der Waals surface area contributed by atoms with Crippen molar-refractivity contribution in [1.29, 1.82) is 0 Å². The van der Waals surface area contributed by atoms with E-state index >= 15 is 0 Å². The summed E-state index contributed by atoms with van der Waals surface area (Å²) in [6.07, 6.45) is -2.12. The molecule has 19 heavy (non-hydrogen) atoms. The Hall–Kier alpha value is -0.510. The maximum atomic E-state index is 11.0. The summed E-state index contributed by atoms with van der Waals surface area (Å²) in [6, 6.07) is 0. The molecule has 0 aliphatic carbocycles. The van der Waals surface area contributed by atoms with Crippen LogP contribution in [0.1, 0.15) is 12.8 Å². The molecule has 0 saturated heterocycles. The second-order valence-corrected chi connectivity index (χ2v) is 7.50. The number of carbonyl (C=O) groups is 1. The van der Waals surface area contributed by atoms with Crippen molar-refractivity contribution in [2.24, 2.45) is 5.73 Å². The van der Waals surface area contributed by atoms with Crippen LogP contribution in [0.15, 0.2) is 0 Å². The molecule has 8 N–H and O–H groups in total. The van der Waals surface area contributed by atoms with E-state index < -0.39 is 32.8 Å². The van der Waals surface area contributed by atoms with Crippen LogP contribution in [0.2, 0.25) is 0 Å². The van der Waals surface area contributed by atoms with E-state index in [-0.39, 0.29) is 19.7 Å². The van der Waals surface area contributed by atoms with Gasteiger partial charge in [0, 0.05) is 13.0 Å². The molecule has 13 heteroatoms. The number of aliphatic hydroxyl groups is 1. The zero-order valence-corrected chi connectivity index (χ0v) is 11.5. The first kappa shape index (κ1) is 18.5. The van der Waals surface area contributed by atoms with Crippen LogP contribution in [-0.2, 0) is 13.9 Å². The van der Waals surface area contributed by atoms with Gasteiger partial charge >= 0.3 is 21.3 Å². The van der Waals surface area contributed by atoms with E-state index in [2.05, 4.69) is 10.1 Å². The van der Waals surface area contributed by atoms with Gasteiger partial charge in [-0.15, -0.1) is 0 Å². The van der Waals surface area contributed by atoms with Crippen molar-refractivity contribution in [2.75, 3.05) is 13.3 Å². The lowest BCUT2D eigenvalue weighted by atomic mass is 10.3. The van der Waals surface area contributed by atoms with E-state index in [1.165, 1.54) is 0 Å². The number of amides is 1. The number of alkyl carbamates (subject to hydrolysis) is 1. The number of nitrogens with one attached hydrogen (secondary N) is 1. The Kier molecular flexibility index (Phi) is 6.60. The number of hydrogen-bond acceptors (Lipinski definition) is 6. The molecule has 11 nitrogen and oxygen atoms in total. The lowest BCUT2D eigenvalue weighted by molar-refractivity contribution is 0.120. The highest BCUT2D eigenvalue weighted by Gasteiger charge is 2.58. The number of ether oxygens (including phenoxy) is 1. The van der Waals surface area contributed by atoms with Gasteiger partial charge in [-0.2, -0.15) is 0 Å². The first-order chi connectivity index (χ1) is 8.45. The molecular formula is C6H16N2O9P2. The Morgan fingerprint density at radius 1 is 1.21 bits per heavy atom. The number of hydrogen-bond donors (Lipinski definition) is 7. The summed E-state index contributed by atoms with van der Waals surface area (Å²) >= 11 is 0. The van der Waals surface area contributed by atoms with Crippen molar-refractivity contribution in [3.05, 3.63) is 0 Å². The second-order valence-electron chi connectivity index (χ2n) is 3.49. The van der Waals surface area contributed by atoms with Gasteiger partial charge in [-0.1, -0.05) is 0 Å². The van der Waals surface area contributed by atoms with Gasteiger partial charge in [-0.3, -0.25) is 14.9 Å². The molecule has 0 radical (unpaired) electrons. The van der Waals surface area contributed by atoms with Gasteiger partial charge < -0.3 is 34.7 Å². The van der Waals surface area contributed by atoms with Crippen LogP contribution < -0.4 is 11.1 Å². The average molecular weight is 322 g/mol. The van der Waals surface area contributed by atoms with Gasteiger partial charge in [0.05, 0.1) is 0 Å². The normalized spacial score (nSPS) is 13.2. The van der Waals surface area contributed by atoms with Crippen LogP contribution in [-0.4, -0.2) is 49.1 Å². The summed E-state index contributed by atoms with van der Waals surface area (Å²) in [5, 5.41) is 8.09. The molecule has 0 aliphatic heterocycles. The minimum Gasteiger partial charge on any atom is -0.434 e. The summed E-state index contributed by atoms with van der Waals surface area (Å²) in [5.74, 6) is 0.